The molecule has 1 atom stereocenters. The molecular formula is C5H8F4OSi. The smallest absolute Gasteiger partial charge is 0.339 e. The second kappa shape index (κ2) is 3.36. The Morgan fingerprint density at radius 3 is 2.09 bits per heavy atom. The third-order valence-electron chi connectivity index (χ3n) is 1.00. The van der Waals surface area contributed by atoms with Gasteiger partial charge in [-0.15, -0.1) is 0 Å². The molecule has 0 N–H and O–H groups in total. The zero-order valence-electron chi connectivity index (χ0n) is 5.91. The number of rotatable bonds is 4. The van der Waals surface area contributed by atoms with Crippen molar-refractivity contribution in [3.63, 3.8) is 0 Å². The normalized spacial score (nSPS) is 17.5. The van der Waals surface area contributed by atoms with Gasteiger partial charge in [0, 0.05) is 6.61 Å². The Balaban J connectivity index is 4.46. The van der Waals surface area contributed by atoms with Crippen LogP contribution in [0.25, 0.3) is 0 Å². The fourth-order valence-corrected chi connectivity index (χ4v) is 1.01. The van der Waals surface area contributed by atoms with Crippen LogP contribution in [-0.2, 0) is 4.74 Å². The van der Waals surface area contributed by atoms with Gasteiger partial charge < -0.3 is 4.74 Å². The second-order valence-corrected chi connectivity index (χ2v) is 3.46. The van der Waals surface area contributed by atoms with Crippen LogP contribution in [0.15, 0.2) is 12.7 Å². The summed E-state index contributed by atoms with van der Waals surface area (Å²) in [7, 11) is -6.44. The highest BCUT2D eigenvalue weighted by Crippen LogP contribution is 2.31. The van der Waals surface area contributed by atoms with Crippen molar-refractivity contribution in [2.75, 3.05) is 6.61 Å². The third-order valence-corrected chi connectivity index (χ3v) is 2.13. The summed E-state index contributed by atoms with van der Waals surface area (Å²) in [4.78, 5) is 0. The molecular weight excluding hydrogens is 180 g/mol. The van der Waals surface area contributed by atoms with Gasteiger partial charge in [0.15, 0.2) is 0 Å². The minimum Gasteiger partial charge on any atom is -0.339 e. The predicted octanol–water partition coefficient (Wildman–Crippen LogP) is 2.26. The first kappa shape index (κ1) is 10.6. The van der Waals surface area contributed by atoms with Crippen LogP contribution in [-0.4, -0.2) is 21.2 Å². The van der Waals surface area contributed by atoms with Gasteiger partial charge in [-0.2, -0.15) is 0 Å². The number of halogens is 4. The second-order valence-electron chi connectivity index (χ2n) is 1.78. The lowest BCUT2D eigenvalue weighted by atomic mass is 10.6. The van der Waals surface area contributed by atoms with Gasteiger partial charge in [-0.1, -0.05) is 6.58 Å². The Labute approximate surface area is 63.2 Å². The zero-order valence-corrected chi connectivity index (χ0v) is 6.91. The monoisotopic (exact) mass is 188 g/mol. The quantitative estimate of drug-likeness (QED) is 0.284. The first-order valence-corrected chi connectivity index (χ1v) is 4.54. The van der Waals surface area contributed by atoms with Crippen molar-refractivity contribution in [3.8, 4) is 0 Å². The molecule has 0 aromatic heterocycles. The molecule has 0 aliphatic rings. The average molecular weight is 188 g/mol. The van der Waals surface area contributed by atoms with Crippen molar-refractivity contribution in [2.45, 2.75) is 12.4 Å². The number of ether oxygens (including phenoxy) is 1. The van der Waals surface area contributed by atoms with Crippen LogP contribution in [0.2, 0.25) is 0 Å². The van der Waals surface area contributed by atoms with Crippen molar-refractivity contribution in [2.24, 2.45) is 0 Å². The number of hydrogen-bond acceptors (Lipinski definition) is 1. The molecule has 66 valence electrons. The lowest BCUT2D eigenvalue weighted by molar-refractivity contribution is -0.0661. The number of hydrogen-bond donors (Lipinski definition) is 0. The summed E-state index contributed by atoms with van der Waals surface area (Å²) in [6.45, 7) is 3.70. The van der Waals surface area contributed by atoms with E-state index in [0.29, 0.717) is 0 Å². The molecule has 0 saturated heterocycles. The van der Waals surface area contributed by atoms with Gasteiger partial charge in [-0.3, -0.25) is 0 Å². The van der Waals surface area contributed by atoms with Gasteiger partial charge in [-0.25, -0.2) is 16.7 Å². The van der Waals surface area contributed by atoms with E-state index < -0.39 is 14.6 Å². The molecule has 6 heteroatoms. The molecule has 0 fully saturated rings. The van der Waals surface area contributed by atoms with E-state index in [9.17, 15) is 16.7 Å². The van der Waals surface area contributed by atoms with E-state index in [1.165, 1.54) is 6.92 Å². The maximum Gasteiger partial charge on any atom is 0.689 e. The molecule has 0 aromatic carbocycles. The van der Waals surface area contributed by atoms with Crippen molar-refractivity contribution in [1.82, 2.24) is 0 Å². The highest BCUT2D eigenvalue weighted by Gasteiger charge is 2.62. The number of alkyl halides is 1. The van der Waals surface area contributed by atoms with Crippen LogP contribution in [0.1, 0.15) is 6.92 Å². The van der Waals surface area contributed by atoms with E-state index in [-0.39, 0.29) is 12.7 Å². The van der Waals surface area contributed by atoms with Gasteiger partial charge in [0.25, 0.3) is 0 Å². The Bertz CT molecular complexity index is 146. The van der Waals surface area contributed by atoms with Crippen molar-refractivity contribution >= 4 is 9.08 Å². The highest BCUT2D eigenvalue weighted by molar-refractivity contribution is 6.62. The minimum atomic E-state index is -6.44. The van der Waals surface area contributed by atoms with Crippen LogP contribution in [0, 0.1) is 0 Å². The molecule has 0 amide bonds. The molecule has 0 aromatic rings. The van der Waals surface area contributed by atoms with Crippen LogP contribution < -0.4 is 0 Å². The summed E-state index contributed by atoms with van der Waals surface area (Å²) in [6.07, 6.45) is 0.155. The van der Waals surface area contributed by atoms with Gasteiger partial charge in [-0.05, 0) is 13.0 Å². The van der Waals surface area contributed by atoms with E-state index in [1.54, 1.807) is 0 Å². The predicted molar refractivity (Wildman–Crippen MR) is 34.7 cm³/mol. The lowest BCUT2D eigenvalue weighted by Gasteiger charge is -2.20. The molecule has 11 heavy (non-hydrogen) atoms. The van der Waals surface area contributed by atoms with E-state index in [4.69, 9.17) is 0 Å². The van der Waals surface area contributed by atoms with Gasteiger partial charge in [0.05, 0.1) is 0 Å². The van der Waals surface area contributed by atoms with Crippen LogP contribution in [0.3, 0.4) is 0 Å². The lowest BCUT2D eigenvalue weighted by Crippen LogP contribution is -2.46. The molecule has 0 aliphatic heterocycles. The Morgan fingerprint density at radius 1 is 1.55 bits per heavy atom. The van der Waals surface area contributed by atoms with E-state index in [1.807, 2.05) is 0 Å². The van der Waals surface area contributed by atoms with Crippen LogP contribution >= 0.6 is 0 Å². The molecule has 0 rings (SSSR count). The Hall–Kier alpha value is -0.363. The molecule has 0 radical (unpaired) electrons. The molecule has 1 unspecified atom stereocenters. The van der Waals surface area contributed by atoms with Crippen molar-refractivity contribution < 1.29 is 21.5 Å². The molecule has 0 saturated carbocycles. The van der Waals surface area contributed by atoms with Gasteiger partial charge in [0.2, 0.25) is 0 Å². The SMILES string of the molecule is C=CC(F)(OCC)[Si](F)(F)F. The summed E-state index contributed by atoms with van der Waals surface area (Å²) in [5.74, 6) is 0. The fourth-order valence-electron chi connectivity index (χ4n) is 0.467. The first-order chi connectivity index (χ1) is 4.87. The van der Waals surface area contributed by atoms with E-state index in [0.717, 1.165) is 0 Å². The zero-order chi connectivity index (χ0) is 9.12. The minimum absolute atomic E-state index is 0.155. The van der Waals surface area contributed by atoms with E-state index in [2.05, 4.69) is 11.3 Å². The summed E-state index contributed by atoms with van der Waals surface area (Å²) >= 11 is 0. The molecule has 0 spiro atoms. The topological polar surface area (TPSA) is 9.23 Å². The first-order valence-electron chi connectivity index (χ1n) is 2.90. The average Bonchev–Trinajstić information content (AvgIpc) is 1.86. The molecule has 1 nitrogen and oxygen atoms in total. The van der Waals surface area contributed by atoms with Gasteiger partial charge >= 0.3 is 14.6 Å². The van der Waals surface area contributed by atoms with Crippen molar-refractivity contribution in [3.05, 3.63) is 12.7 Å². The van der Waals surface area contributed by atoms with Crippen molar-refractivity contribution in [1.29, 1.82) is 0 Å². The maximum absolute atomic E-state index is 12.6. The van der Waals surface area contributed by atoms with Crippen LogP contribution in [0.4, 0.5) is 16.7 Å². The standard InChI is InChI=1S/C5H8F4OSi/c1-3-5(6,10-4-2)11(7,8)9/h3H,1,4H2,2H3. The largest absolute Gasteiger partial charge is 0.689 e. The summed E-state index contributed by atoms with van der Waals surface area (Å²) in [6, 6.07) is 0. The Kier molecular flexibility index (Phi) is 3.24. The molecule has 0 heterocycles. The molecule has 0 bridgehead atoms. The van der Waals surface area contributed by atoms with Crippen LogP contribution in [0.5, 0.6) is 0 Å². The highest BCUT2D eigenvalue weighted by atomic mass is 28.5. The summed E-state index contributed by atoms with van der Waals surface area (Å²) in [5.41, 5.74) is -3.57. The summed E-state index contributed by atoms with van der Waals surface area (Å²) < 4.78 is 52.1. The maximum atomic E-state index is 12.6. The Morgan fingerprint density at radius 2 is 2.00 bits per heavy atom. The third kappa shape index (κ3) is 2.30. The van der Waals surface area contributed by atoms with E-state index >= 15 is 0 Å². The summed E-state index contributed by atoms with van der Waals surface area (Å²) in [5, 5.41) is 0. The molecule has 0 aliphatic carbocycles. The fraction of sp³-hybridized carbons (Fsp3) is 0.600. The van der Waals surface area contributed by atoms with Gasteiger partial charge in [0.1, 0.15) is 0 Å².